The molecule has 7 nitrogen and oxygen atoms in total. The third kappa shape index (κ3) is 3.73. The zero-order chi connectivity index (χ0) is 19.7. The second-order valence-corrected chi connectivity index (χ2v) is 7.90. The number of H-pyrrole nitrogens is 1. The van der Waals surface area contributed by atoms with Gasteiger partial charge in [0.05, 0.1) is 6.26 Å². The van der Waals surface area contributed by atoms with Crippen molar-refractivity contribution in [3.8, 4) is 11.6 Å². The van der Waals surface area contributed by atoms with Crippen LogP contribution in [0.4, 0.5) is 5.69 Å². The Hall–Kier alpha value is -2.36. The first-order valence-corrected chi connectivity index (χ1v) is 10.3. The smallest absolute Gasteiger partial charge is 0.216 e. The number of aromatic nitrogens is 3. The van der Waals surface area contributed by atoms with Crippen molar-refractivity contribution >= 4 is 35.6 Å². The summed E-state index contributed by atoms with van der Waals surface area (Å²) < 4.78 is 5.35. The zero-order valence-corrected chi connectivity index (χ0v) is 19.4. The van der Waals surface area contributed by atoms with E-state index in [1.165, 1.54) is 36.9 Å². The van der Waals surface area contributed by atoms with Crippen molar-refractivity contribution in [2.24, 2.45) is 4.99 Å². The predicted molar refractivity (Wildman–Crippen MR) is 128 cm³/mol. The van der Waals surface area contributed by atoms with Gasteiger partial charge in [-0.05, 0) is 36.6 Å². The fraction of sp³-hybridized carbons (Fsp3) is 0.409. The number of para-hydroxylation sites is 1. The standard InChI is InChI=1S/C22H26N6O.HI/c1-23-21(24-13-10-19-25-20(27-26-19)18-9-6-14-29-18)28-15-22(11-4-5-12-22)16-7-2-3-8-17(16)28;/h2-3,6-9,14H,4-5,10-13,15H2,1H3,(H,23,24)(H,25,26,27);1H. The van der Waals surface area contributed by atoms with E-state index in [1.54, 1.807) is 6.26 Å². The highest BCUT2D eigenvalue weighted by molar-refractivity contribution is 14.0. The van der Waals surface area contributed by atoms with Gasteiger partial charge in [-0.15, -0.1) is 24.0 Å². The van der Waals surface area contributed by atoms with Crippen LogP contribution in [0.3, 0.4) is 0 Å². The molecule has 158 valence electrons. The lowest BCUT2D eigenvalue weighted by atomic mass is 9.81. The lowest BCUT2D eigenvalue weighted by molar-refractivity contribution is 0.478. The molecule has 1 saturated carbocycles. The van der Waals surface area contributed by atoms with Crippen molar-refractivity contribution in [3.63, 3.8) is 0 Å². The van der Waals surface area contributed by atoms with Crippen molar-refractivity contribution in [1.29, 1.82) is 0 Å². The summed E-state index contributed by atoms with van der Waals surface area (Å²) in [7, 11) is 1.86. The summed E-state index contributed by atoms with van der Waals surface area (Å²) in [5.41, 5.74) is 3.07. The number of furan rings is 1. The number of benzene rings is 1. The molecule has 0 unspecified atom stereocenters. The number of anilines is 1. The minimum absolute atomic E-state index is 0. The molecule has 0 amide bonds. The van der Waals surface area contributed by atoms with E-state index in [-0.39, 0.29) is 29.4 Å². The average Bonchev–Trinajstić information content (AvgIpc) is 3.54. The number of hydrogen-bond donors (Lipinski definition) is 2. The number of guanidine groups is 1. The minimum atomic E-state index is 0. The van der Waals surface area contributed by atoms with E-state index in [9.17, 15) is 0 Å². The van der Waals surface area contributed by atoms with Gasteiger partial charge in [0.25, 0.3) is 0 Å². The van der Waals surface area contributed by atoms with Gasteiger partial charge in [-0.1, -0.05) is 31.0 Å². The van der Waals surface area contributed by atoms with E-state index in [4.69, 9.17) is 4.42 Å². The monoisotopic (exact) mass is 518 g/mol. The van der Waals surface area contributed by atoms with Gasteiger partial charge >= 0.3 is 0 Å². The molecule has 0 atom stereocenters. The third-order valence-corrected chi connectivity index (χ3v) is 6.17. The number of rotatable bonds is 4. The molecule has 30 heavy (non-hydrogen) atoms. The number of aliphatic imine (C=N–C) groups is 1. The van der Waals surface area contributed by atoms with Crippen LogP contribution in [0.2, 0.25) is 0 Å². The van der Waals surface area contributed by atoms with Crippen LogP contribution >= 0.6 is 24.0 Å². The molecule has 8 heteroatoms. The van der Waals surface area contributed by atoms with Crippen molar-refractivity contribution in [3.05, 3.63) is 54.0 Å². The Morgan fingerprint density at radius 2 is 2.07 bits per heavy atom. The summed E-state index contributed by atoms with van der Waals surface area (Å²) in [6, 6.07) is 12.5. The van der Waals surface area contributed by atoms with Crippen LogP contribution < -0.4 is 10.2 Å². The quantitative estimate of drug-likeness (QED) is 0.309. The molecule has 1 aromatic carbocycles. The highest BCUT2D eigenvalue weighted by atomic mass is 127. The molecule has 5 rings (SSSR count). The Morgan fingerprint density at radius 3 is 2.83 bits per heavy atom. The van der Waals surface area contributed by atoms with E-state index in [0.29, 0.717) is 11.6 Å². The van der Waals surface area contributed by atoms with Gasteiger partial charge < -0.3 is 14.6 Å². The van der Waals surface area contributed by atoms with Crippen LogP contribution in [-0.4, -0.2) is 41.3 Å². The second-order valence-electron chi connectivity index (χ2n) is 7.90. The van der Waals surface area contributed by atoms with Gasteiger partial charge in [0, 0.05) is 37.7 Å². The molecular formula is C22H27IN6O. The number of halogens is 1. The largest absolute Gasteiger partial charge is 0.461 e. The van der Waals surface area contributed by atoms with Crippen LogP contribution in [0.1, 0.15) is 37.1 Å². The normalized spacial score (nSPS) is 17.2. The molecule has 2 N–H and O–H groups in total. The van der Waals surface area contributed by atoms with Crippen molar-refractivity contribution < 1.29 is 4.42 Å². The number of nitrogens with zero attached hydrogens (tertiary/aromatic N) is 4. The number of nitrogens with one attached hydrogen (secondary N) is 2. The summed E-state index contributed by atoms with van der Waals surface area (Å²) in [6.45, 7) is 1.74. The van der Waals surface area contributed by atoms with Crippen LogP contribution in [0.25, 0.3) is 11.6 Å². The molecule has 2 aromatic heterocycles. The molecular weight excluding hydrogens is 491 g/mol. The maximum Gasteiger partial charge on any atom is 0.216 e. The number of fused-ring (bicyclic) bond motifs is 2. The van der Waals surface area contributed by atoms with Crippen molar-refractivity contribution in [2.75, 3.05) is 25.0 Å². The van der Waals surface area contributed by atoms with Crippen LogP contribution in [0, 0.1) is 0 Å². The summed E-state index contributed by atoms with van der Waals surface area (Å²) in [5.74, 6) is 3.01. The maximum atomic E-state index is 5.35. The summed E-state index contributed by atoms with van der Waals surface area (Å²) in [4.78, 5) is 11.4. The Labute approximate surface area is 193 Å². The van der Waals surface area contributed by atoms with E-state index in [1.807, 2.05) is 19.2 Å². The van der Waals surface area contributed by atoms with Crippen LogP contribution in [0.5, 0.6) is 0 Å². The Bertz CT molecular complexity index is 1010. The van der Waals surface area contributed by atoms with Gasteiger partial charge in [0.1, 0.15) is 5.82 Å². The first kappa shape index (κ1) is 20.9. The molecule has 3 heterocycles. The van der Waals surface area contributed by atoms with E-state index in [0.717, 1.165) is 31.3 Å². The first-order chi connectivity index (χ1) is 14.3. The van der Waals surface area contributed by atoms with Gasteiger partial charge in [-0.3, -0.25) is 10.1 Å². The highest BCUT2D eigenvalue weighted by Gasteiger charge is 2.45. The van der Waals surface area contributed by atoms with Gasteiger partial charge in [0.2, 0.25) is 5.82 Å². The molecule has 0 radical (unpaired) electrons. The lowest BCUT2D eigenvalue weighted by Crippen LogP contribution is -2.44. The first-order valence-electron chi connectivity index (χ1n) is 10.3. The zero-order valence-electron chi connectivity index (χ0n) is 17.1. The topological polar surface area (TPSA) is 82.3 Å². The van der Waals surface area contributed by atoms with Crippen molar-refractivity contribution in [1.82, 2.24) is 20.5 Å². The Kier molecular flexibility index (Phi) is 6.12. The lowest BCUT2D eigenvalue weighted by Gasteiger charge is -2.26. The molecule has 1 fully saturated rings. The Balaban J connectivity index is 0.00000218. The van der Waals surface area contributed by atoms with Crippen molar-refractivity contribution in [2.45, 2.75) is 37.5 Å². The summed E-state index contributed by atoms with van der Waals surface area (Å²) in [6.07, 6.45) is 7.53. The summed E-state index contributed by atoms with van der Waals surface area (Å²) >= 11 is 0. The average molecular weight is 518 g/mol. The summed E-state index contributed by atoms with van der Waals surface area (Å²) in [5, 5.41) is 10.7. The molecule has 1 aliphatic heterocycles. The van der Waals surface area contributed by atoms with Crippen LogP contribution in [0.15, 0.2) is 52.1 Å². The van der Waals surface area contributed by atoms with E-state index >= 15 is 0 Å². The maximum absolute atomic E-state index is 5.35. The fourth-order valence-corrected chi connectivity index (χ4v) is 4.81. The highest BCUT2D eigenvalue weighted by Crippen LogP contribution is 2.50. The third-order valence-electron chi connectivity index (χ3n) is 6.17. The molecule has 2 aliphatic rings. The molecule has 1 aliphatic carbocycles. The van der Waals surface area contributed by atoms with Gasteiger partial charge in [0.15, 0.2) is 11.7 Å². The van der Waals surface area contributed by atoms with E-state index in [2.05, 4.69) is 54.7 Å². The number of aromatic amines is 1. The van der Waals surface area contributed by atoms with Crippen LogP contribution in [-0.2, 0) is 11.8 Å². The van der Waals surface area contributed by atoms with Gasteiger partial charge in [-0.25, -0.2) is 4.98 Å². The molecule has 1 spiro atoms. The van der Waals surface area contributed by atoms with Gasteiger partial charge in [-0.2, -0.15) is 5.10 Å². The molecule has 3 aromatic rings. The molecule has 0 bridgehead atoms. The molecule has 0 saturated heterocycles. The van der Waals surface area contributed by atoms with E-state index < -0.39 is 0 Å². The SMILES string of the molecule is CN=C(NCCc1nc(-c2ccco2)n[nH]1)N1CC2(CCCC2)c2ccccc21.I. The second kappa shape index (κ2) is 8.79. The Morgan fingerprint density at radius 1 is 1.23 bits per heavy atom. The fourth-order valence-electron chi connectivity index (χ4n) is 4.81. The predicted octanol–water partition coefficient (Wildman–Crippen LogP) is 4.13. The number of hydrogen-bond acceptors (Lipinski definition) is 4. The minimum Gasteiger partial charge on any atom is -0.461 e.